The van der Waals surface area contributed by atoms with Crippen molar-refractivity contribution in [3.8, 4) is 0 Å². The molecule has 25 heavy (non-hydrogen) atoms. The Morgan fingerprint density at radius 2 is 1.64 bits per heavy atom. The van der Waals surface area contributed by atoms with Gasteiger partial charge in [0.25, 0.3) is 5.69 Å². The topological polar surface area (TPSA) is 77.3 Å². The standard InChI is InChI=1S/C19H17NO4S/c1-2-14-7-10-16(11-8-14)25(23,24)13-18-17-6-4-3-5-15(17)9-12-19(18)20(21)22/h3-12H,2,13H2,1H3. The lowest BCUT2D eigenvalue weighted by molar-refractivity contribution is -0.385. The minimum atomic E-state index is -3.69. The van der Waals surface area contributed by atoms with Crippen molar-refractivity contribution < 1.29 is 13.3 Å². The highest BCUT2D eigenvalue weighted by Gasteiger charge is 2.24. The van der Waals surface area contributed by atoms with Crippen molar-refractivity contribution in [3.05, 3.63) is 81.9 Å². The summed E-state index contributed by atoms with van der Waals surface area (Å²) in [5.74, 6) is -0.407. The van der Waals surface area contributed by atoms with Crippen molar-refractivity contribution in [2.24, 2.45) is 0 Å². The lowest BCUT2D eigenvalue weighted by atomic mass is 10.0. The van der Waals surface area contributed by atoms with Crippen LogP contribution in [-0.2, 0) is 22.0 Å². The Morgan fingerprint density at radius 3 is 2.28 bits per heavy atom. The normalized spacial score (nSPS) is 11.6. The molecule has 3 rings (SSSR count). The first-order chi connectivity index (χ1) is 11.9. The molecule has 0 aliphatic heterocycles. The summed E-state index contributed by atoms with van der Waals surface area (Å²) in [5, 5.41) is 12.7. The van der Waals surface area contributed by atoms with E-state index in [1.54, 1.807) is 42.5 Å². The van der Waals surface area contributed by atoms with Gasteiger partial charge in [-0.1, -0.05) is 43.3 Å². The lowest BCUT2D eigenvalue weighted by Crippen LogP contribution is -2.08. The number of benzene rings is 3. The molecule has 6 heteroatoms. The smallest absolute Gasteiger partial charge is 0.258 e. The lowest BCUT2D eigenvalue weighted by Gasteiger charge is -2.09. The van der Waals surface area contributed by atoms with Gasteiger partial charge in [0, 0.05) is 6.07 Å². The Balaban J connectivity index is 2.12. The van der Waals surface area contributed by atoms with Crippen LogP contribution in [0.15, 0.2) is 65.6 Å². The fraction of sp³-hybridized carbons (Fsp3) is 0.158. The summed E-state index contributed by atoms with van der Waals surface area (Å²) < 4.78 is 25.6. The second-order valence-corrected chi connectivity index (χ2v) is 7.79. The van der Waals surface area contributed by atoms with Crippen LogP contribution in [-0.4, -0.2) is 13.3 Å². The molecule has 0 radical (unpaired) electrons. The van der Waals surface area contributed by atoms with Crippen LogP contribution in [0.2, 0.25) is 0 Å². The maximum Gasteiger partial charge on any atom is 0.274 e. The summed E-state index contributed by atoms with van der Waals surface area (Å²) in [5.41, 5.74) is 1.09. The second-order valence-electron chi connectivity index (χ2n) is 5.80. The molecule has 0 aromatic heterocycles. The van der Waals surface area contributed by atoms with Gasteiger partial charge in [-0.3, -0.25) is 10.1 Å². The Labute approximate surface area is 146 Å². The molecule has 0 unspecified atom stereocenters. The molecule has 0 spiro atoms. The van der Waals surface area contributed by atoms with E-state index in [4.69, 9.17) is 0 Å². The highest BCUT2D eigenvalue weighted by Crippen LogP contribution is 2.31. The van der Waals surface area contributed by atoms with Gasteiger partial charge < -0.3 is 0 Å². The fourth-order valence-corrected chi connectivity index (χ4v) is 4.25. The summed E-state index contributed by atoms with van der Waals surface area (Å²) >= 11 is 0. The van der Waals surface area contributed by atoms with Gasteiger partial charge in [0.2, 0.25) is 0 Å². The summed E-state index contributed by atoms with van der Waals surface area (Å²) in [6.45, 7) is 1.99. The van der Waals surface area contributed by atoms with Gasteiger partial charge in [-0.25, -0.2) is 8.42 Å². The summed E-state index contributed by atoms with van der Waals surface area (Å²) in [4.78, 5) is 11.0. The maximum atomic E-state index is 12.8. The van der Waals surface area contributed by atoms with Crippen LogP contribution in [0.25, 0.3) is 10.8 Å². The van der Waals surface area contributed by atoms with Gasteiger partial charge in [0.05, 0.1) is 21.1 Å². The summed E-state index contributed by atoms with van der Waals surface area (Å²) in [6, 6.07) is 16.8. The third-order valence-corrected chi connectivity index (χ3v) is 5.90. The number of aryl methyl sites for hydroxylation is 1. The van der Waals surface area contributed by atoms with E-state index in [2.05, 4.69) is 0 Å². The zero-order chi connectivity index (χ0) is 18.0. The number of nitro groups is 1. The predicted molar refractivity (Wildman–Crippen MR) is 97.3 cm³/mol. The van der Waals surface area contributed by atoms with Crippen molar-refractivity contribution >= 4 is 26.3 Å². The van der Waals surface area contributed by atoms with Crippen molar-refractivity contribution in [2.75, 3.05) is 0 Å². The monoisotopic (exact) mass is 355 g/mol. The van der Waals surface area contributed by atoms with Crippen molar-refractivity contribution in [2.45, 2.75) is 24.0 Å². The highest BCUT2D eigenvalue weighted by atomic mass is 32.2. The van der Waals surface area contributed by atoms with Gasteiger partial charge in [-0.05, 0) is 41.0 Å². The van der Waals surface area contributed by atoms with Crippen LogP contribution in [0.5, 0.6) is 0 Å². The van der Waals surface area contributed by atoms with E-state index in [-0.39, 0.29) is 16.1 Å². The Kier molecular flexibility index (Phi) is 4.55. The number of hydrogen-bond donors (Lipinski definition) is 0. The molecule has 0 saturated carbocycles. The molecule has 0 aliphatic rings. The first-order valence-corrected chi connectivity index (χ1v) is 9.54. The largest absolute Gasteiger partial charge is 0.274 e. The third-order valence-electron chi connectivity index (χ3n) is 4.24. The molecular formula is C19H17NO4S. The maximum absolute atomic E-state index is 12.8. The number of nitro benzene ring substituents is 1. The molecule has 0 fully saturated rings. The van der Waals surface area contributed by atoms with Gasteiger partial charge in [-0.2, -0.15) is 0 Å². The van der Waals surface area contributed by atoms with E-state index in [0.29, 0.717) is 5.39 Å². The Morgan fingerprint density at radius 1 is 0.960 bits per heavy atom. The van der Waals surface area contributed by atoms with Gasteiger partial charge >= 0.3 is 0 Å². The molecule has 0 aliphatic carbocycles. The minimum Gasteiger partial charge on any atom is -0.258 e. The molecule has 0 saturated heterocycles. The van der Waals surface area contributed by atoms with E-state index in [0.717, 1.165) is 17.4 Å². The van der Waals surface area contributed by atoms with E-state index in [1.807, 2.05) is 19.1 Å². The number of fused-ring (bicyclic) bond motifs is 1. The zero-order valence-corrected chi connectivity index (χ0v) is 14.5. The first kappa shape index (κ1) is 17.1. The SMILES string of the molecule is CCc1ccc(S(=O)(=O)Cc2c([N+](=O)[O-])ccc3ccccc23)cc1. The van der Waals surface area contributed by atoms with Crippen LogP contribution in [0, 0.1) is 10.1 Å². The second kappa shape index (κ2) is 6.64. The third kappa shape index (κ3) is 3.39. The van der Waals surface area contributed by atoms with Crippen molar-refractivity contribution in [1.82, 2.24) is 0 Å². The first-order valence-electron chi connectivity index (χ1n) is 7.89. The number of nitrogens with zero attached hydrogens (tertiary/aromatic N) is 1. The van der Waals surface area contributed by atoms with Gasteiger partial charge in [0.15, 0.2) is 9.84 Å². The molecular weight excluding hydrogens is 338 g/mol. The van der Waals surface area contributed by atoms with Crippen LogP contribution in [0.4, 0.5) is 5.69 Å². The molecule has 3 aromatic carbocycles. The predicted octanol–water partition coefficient (Wildman–Crippen LogP) is 4.28. The molecule has 0 heterocycles. The van der Waals surface area contributed by atoms with E-state index >= 15 is 0 Å². The number of sulfone groups is 1. The molecule has 0 amide bonds. The van der Waals surface area contributed by atoms with E-state index in [1.165, 1.54) is 6.07 Å². The van der Waals surface area contributed by atoms with Gasteiger partial charge in [0.1, 0.15) is 0 Å². The fourth-order valence-electron chi connectivity index (χ4n) is 2.85. The van der Waals surface area contributed by atoms with Crippen LogP contribution >= 0.6 is 0 Å². The molecule has 128 valence electrons. The Bertz CT molecular complexity index is 1040. The highest BCUT2D eigenvalue weighted by molar-refractivity contribution is 7.90. The van der Waals surface area contributed by atoms with Crippen LogP contribution < -0.4 is 0 Å². The number of hydrogen-bond acceptors (Lipinski definition) is 4. The average molecular weight is 355 g/mol. The van der Waals surface area contributed by atoms with Crippen molar-refractivity contribution in [1.29, 1.82) is 0 Å². The molecule has 0 N–H and O–H groups in total. The zero-order valence-electron chi connectivity index (χ0n) is 13.7. The average Bonchev–Trinajstić information content (AvgIpc) is 2.61. The number of rotatable bonds is 5. The Hall–Kier alpha value is -2.73. The minimum absolute atomic E-state index is 0.173. The summed E-state index contributed by atoms with van der Waals surface area (Å²) in [6.07, 6.45) is 0.815. The van der Waals surface area contributed by atoms with E-state index in [9.17, 15) is 18.5 Å². The molecule has 0 atom stereocenters. The quantitative estimate of drug-likeness (QED) is 0.505. The summed E-state index contributed by atoms with van der Waals surface area (Å²) in [7, 11) is -3.69. The van der Waals surface area contributed by atoms with Gasteiger partial charge in [-0.15, -0.1) is 0 Å². The van der Waals surface area contributed by atoms with Crippen molar-refractivity contribution in [3.63, 3.8) is 0 Å². The van der Waals surface area contributed by atoms with E-state index < -0.39 is 20.5 Å². The molecule has 3 aromatic rings. The van der Waals surface area contributed by atoms with Crippen LogP contribution in [0.3, 0.4) is 0 Å². The molecule has 5 nitrogen and oxygen atoms in total. The van der Waals surface area contributed by atoms with Crippen LogP contribution in [0.1, 0.15) is 18.1 Å². The molecule has 0 bridgehead atoms.